The fraction of sp³-hybridized carbons (Fsp3) is 0.529. The SMILES string of the molecule is CC.CC1/C=C\C(OCC(=O)O)=C/C/C(CC(C)C(=O)O)=C\N1. The molecule has 0 amide bonds. The van der Waals surface area contributed by atoms with E-state index in [0.717, 1.165) is 5.57 Å². The van der Waals surface area contributed by atoms with Gasteiger partial charge in [-0.3, -0.25) is 4.79 Å². The molecule has 0 bridgehead atoms. The molecule has 0 aromatic rings. The van der Waals surface area contributed by atoms with E-state index < -0.39 is 24.5 Å². The molecule has 2 unspecified atom stereocenters. The second kappa shape index (κ2) is 11.3. The van der Waals surface area contributed by atoms with Crippen molar-refractivity contribution in [3.05, 3.63) is 35.8 Å². The highest BCUT2D eigenvalue weighted by Crippen LogP contribution is 2.18. The zero-order chi connectivity index (χ0) is 17.8. The van der Waals surface area contributed by atoms with Crippen LogP contribution in [0.4, 0.5) is 0 Å². The third-order valence-corrected chi connectivity index (χ3v) is 3.02. The molecule has 0 fully saturated rings. The van der Waals surface area contributed by atoms with Crippen LogP contribution in [0.1, 0.15) is 40.5 Å². The van der Waals surface area contributed by atoms with Crippen molar-refractivity contribution in [1.82, 2.24) is 5.32 Å². The molecule has 1 heterocycles. The van der Waals surface area contributed by atoms with E-state index in [1.54, 1.807) is 19.1 Å². The van der Waals surface area contributed by atoms with Crippen molar-refractivity contribution >= 4 is 11.9 Å². The van der Waals surface area contributed by atoms with Gasteiger partial charge in [0.2, 0.25) is 0 Å². The fourth-order valence-corrected chi connectivity index (χ4v) is 1.78. The molecule has 1 rings (SSSR count). The van der Waals surface area contributed by atoms with Crippen LogP contribution in [-0.4, -0.2) is 34.8 Å². The lowest BCUT2D eigenvalue weighted by Crippen LogP contribution is -2.19. The van der Waals surface area contributed by atoms with Crippen molar-refractivity contribution in [2.75, 3.05) is 6.61 Å². The summed E-state index contributed by atoms with van der Waals surface area (Å²) in [6, 6.07) is 0.0371. The topological polar surface area (TPSA) is 95.9 Å². The summed E-state index contributed by atoms with van der Waals surface area (Å²) in [4.78, 5) is 21.5. The molecule has 0 aromatic heterocycles. The van der Waals surface area contributed by atoms with Crippen LogP contribution in [0.5, 0.6) is 0 Å². The van der Waals surface area contributed by atoms with Gasteiger partial charge in [-0.25, -0.2) is 4.79 Å². The Morgan fingerprint density at radius 1 is 1.39 bits per heavy atom. The average Bonchev–Trinajstić information content (AvgIpc) is 2.60. The largest absolute Gasteiger partial charge is 0.482 e. The number of rotatable bonds is 6. The third kappa shape index (κ3) is 9.39. The molecule has 130 valence electrons. The van der Waals surface area contributed by atoms with Gasteiger partial charge < -0.3 is 20.3 Å². The van der Waals surface area contributed by atoms with Crippen LogP contribution in [0, 0.1) is 5.92 Å². The fourth-order valence-electron chi connectivity index (χ4n) is 1.78. The molecular weight excluding hydrogens is 298 g/mol. The van der Waals surface area contributed by atoms with E-state index in [1.807, 2.05) is 33.0 Å². The molecule has 3 N–H and O–H groups in total. The Labute approximate surface area is 137 Å². The number of carbonyl (C=O) groups is 2. The van der Waals surface area contributed by atoms with Gasteiger partial charge in [-0.05, 0) is 43.7 Å². The van der Waals surface area contributed by atoms with Gasteiger partial charge in [-0.15, -0.1) is 0 Å². The van der Waals surface area contributed by atoms with E-state index in [9.17, 15) is 9.59 Å². The molecule has 0 spiro atoms. The second-order valence-electron chi connectivity index (χ2n) is 5.05. The summed E-state index contributed by atoms with van der Waals surface area (Å²) in [5, 5.41) is 20.8. The molecule has 1 aliphatic heterocycles. The maximum atomic E-state index is 10.9. The van der Waals surface area contributed by atoms with E-state index in [1.165, 1.54) is 0 Å². The van der Waals surface area contributed by atoms with Gasteiger partial charge in [0.25, 0.3) is 0 Å². The second-order valence-corrected chi connectivity index (χ2v) is 5.05. The quantitative estimate of drug-likeness (QED) is 0.695. The molecule has 1 aliphatic rings. The van der Waals surface area contributed by atoms with Crippen LogP contribution >= 0.6 is 0 Å². The first-order valence-electron chi connectivity index (χ1n) is 7.78. The Hall–Kier alpha value is -2.24. The zero-order valence-corrected chi connectivity index (χ0v) is 14.2. The van der Waals surface area contributed by atoms with Gasteiger partial charge in [-0.1, -0.05) is 26.8 Å². The minimum absolute atomic E-state index is 0.0371. The molecule has 23 heavy (non-hydrogen) atoms. The minimum Gasteiger partial charge on any atom is -0.482 e. The highest BCUT2D eigenvalue weighted by atomic mass is 16.5. The summed E-state index contributed by atoms with van der Waals surface area (Å²) in [7, 11) is 0. The highest BCUT2D eigenvalue weighted by Gasteiger charge is 2.14. The zero-order valence-electron chi connectivity index (χ0n) is 14.2. The molecule has 0 saturated heterocycles. The predicted octanol–water partition coefficient (Wildman–Crippen LogP) is 2.93. The monoisotopic (exact) mass is 325 g/mol. The molecule has 2 atom stereocenters. The number of hydrogen-bond acceptors (Lipinski definition) is 4. The Morgan fingerprint density at radius 3 is 2.61 bits per heavy atom. The minimum atomic E-state index is -1.04. The van der Waals surface area contributed by atoms with Crippen LogP contribution in [0.3, 0.4) is 0 Å². The molecule has 0 radical (unpaired) electrons. The van der Waals surface area contributed by atoms with Gasteiger partial charge in [0.1, 0.15) is 5.76 Å². The summed E-state index contributed by atoms with van der Waals surface area (Å²) >= 11 is 0. The Balaban J connectivity index is 0.00000232. The Kier molecular flexibility index (Phi) is 10.2. The van der Waals surface area contributed by atoms with Crippen molar-refractivity contribution < 1.29 is 24.5 Å². The normalized spacial score (nSPS) is 24.4. The summed E-state index contributed by atoms with van der Waals surface area (Å²) in [6.45, 7) is 7.19. The van der Waals surface area contributed by atoms with Gasteiger partial charge in [0, 0.05) is 6.04 Å². The van der Waals surface area contributed by atoms with Crippen LogP contribution in [-0.2, 0) is 14.3 Å². The molecule has 6 nitrogen and oxygen atoms in total. The molecule has 6 heteroatoms. The first-order chi connectivity index (χ1) is 10.9. The standard InChI is InChI=1S/C15H21NO5.C2H6/c1-10(15(19)20)7-12-4-6-13(21-9-14(17)18)5-3-11(2)16-8-12;1-2/h3,5-6,8,10-11,16H,4,7,9H2,1-2H3,(H,17,18)(H,19,20);1-2H3/b5-3-,12-8+,13-6+;. The lowest BCUT2D eigenvalue weighted by molar-refractivity contribution is -0.141. The highest BCUT2D eigenvalue weighted by molar-refractivity contribution is 5.70. The lowest BCUT2D eigenvalue weighted by atomic mass is 9.99. The number of ether oxygens (including phenoxy) is 1. The summed E-state index contributed by atoms with van der Waals surface area (Å²) in [5.41, 5.74) is 0.928. The van der Waals surface area contributed by atoms with E-state index in [-0.39, 0.29) is 6.04 Å². The van der Waals surface area contributed by atoms with Crippen molar-refractivity contribution in [3.63, 3.8) is 0 Å². The van der Waals surface area contributed by atoms with E-state index in [2.05, 4.69) is 5.32 Å². The summed E-state index contributed by atoms with van der Waals surface area (Å²) < 4.78 is 5.19. The van der Waals surface area contributed by atoms with Crippen molar-refractivity contribution in [3.8, 4) is 0 Å². The predicted molar refractivity (Wildman–Crippen MR) is 88.9 cm³/mol. The lowest BCUT2D eigenvalue weighted by Gasteiger charge is -2.11. The first-order valence-corrected chi connectivity index (χ1v) is 7.78. The van der Waals surface area contributed by atoms with Gasteiger partial charge in [0.05, 0.1) is 5.92 Å². The van der Waals surface area contributed by atoms with Gasteiger partial charge in [-0.2, -0.15) is 0 Å². The molecule has 0 aromatic carbocycles. The number of allylic oxidation sites excluding steroid dienone is 3. The number of aliphatic carboxylic acids is 2. The maximum Gasteiger partial charge on any atom is 0.341 e. The molecule has 0 saturated carbocycles. The molecule has 0 aliphatic carbocycles. The van der Waals surface area contributed by atoms with E-state index in [0.29, 0.717) is 18.6 Å². The summed E-state index contributed by atoms with van der Waals surface area (Å²) in [5.74, 6) is -1.88. The number of nitrogens with one attached hydrogen (secondary N) is 1. The third-order valence-electron chi connectivity index (χ3n) is 3.02. The summed E-state index contributed by atoms with van der Waals surface area (Å²) in [6.07, 6.45) is 8.10. The van der Waals surface area contributed by atoms with Crippen molar-refractivity contribution in [1.29, 1.82) is 0 Å². The Morgan fingerprint density at radius 2 is 2.04 bits per heavy atom. The first kappa shape index (κ1) is 20.8. The number of carboxylic acids is 2. The van der Waals surface area contributed by atoms with Crippen molar-refractivity contribution in [2.24, 2.45) is 5.92 Å². The van der Waals surface area contributed by atoms with Crippen LogP contribution < -0.4 is 5.32 Å². The Bertz CT molecular complexity index is 479. The maximum absolute atomic E-state index is 10.9. The van der Waals surface area contributed by atoms with Crippen molar-refractivity contribution in [2.45, 2.75) is 46.6 Å². The van der Waals surface area contributed by atoms with Crippen LogP contribution in [0.25, 0.3) is 0 Å². The van der Waals surface area contributed by atoms with Crippen LogP contribution in [0.15, 0.2) is 35.8 Å². The number of carboxylic acid groups (broad SMARTS) is 2. The van der Waals surface area contributed by atoms with E-state index >= 15 is 0 Å². The molecular formula is C17H27NO5. The van der Waals surface area contributed by atoms with Gasteiger partial charge >= 0.3 is 11.9 Å². The van der Waals surface area contributed by atoms with Gasteiger partial charge in [0.15, 0.2) is 6.61 Å². The van der Waals surface area contributed by atoms with Crippen LogP contribution in [0.2, 0.25) is 0 Å². The number of hydrogen-bond donors (Lipinski definition) is 3. The average molecular weight is 325 g/mol. The van der Waals surface area contributed by atoms with E-state index in [4.69, 9.17) is 14.9 Å². The smallest absolute Gasteiger partial charge is 0.341 e.